The van der Waals surface area contributed by atoms with Crippen molar-refractivity contribution in [1.82, 2.24) is 0 Å². The predicted molar refractivity (Wildman–Crippen MR) is 152 cm³/mol. The van der Waals surface area contributed by atoms with Crippen LogP contribution in [0, 0.1) is 5.92 Å². The number of rotatable bonds is 7. The lowest BCUT2D eigenvalue weighted by molar-refractivity contribution is -0.152. The molecule has 0 saturated carbocycles. The molecule has 2 heterocycles. The van der Waals surface area contributed by atoms with E-state index in [9.17, 15) is 9.59 Å². The topological polar surface area (TPSA) is 98.8 Å². The first-order chi connectivity index (χ1) is 19.6. The molecule has 9 heteroatoms. The SMILES string of the molecule is COCOc1cc(OCc2ccc(OC)cc2)cc2c1C(=O)O[C@@H](C)[C@H](C)/C=C\C(=O)[C@H]1OC(C)(C)O[C@H]1CC=C2. The van der Waals surface area contributed by atoms with E-state index < -0.39 is 30.1 Å². The minimum Gasteiger partial charge on any atom is -0.497 e. The van der Waals surface area contributed by atoms with Gasteiger partial charge in [0.15, 0.2) is 18.4 Å². The zero-order valence-electron chi connectivity index (χ0n) is 24.4. The summed E-state index contributed by atoms with van der Waals surface area (Å²) in [6.45, 7) is 7.43. The molecular weight excluding hydrogens is 528 g/mol. The molecule has 4 atom stereocenters. The Hall–Kier alpha value is -3.66. The number of carbonyl (C=O) groups excluding carboxylic acids is 2. The quantitative estimate of drug-likeness (QED) is 0.318. The molecule has 0 amide bonds. The first-order valence-corrected chi connectivity index (χ1v) is 13.6. The van der Waals surface area contributed by atoms with Crippen LogP contribution in [0.3, 0.4) is 0 Å². The van der Waals surface area contributed by atoms with Gasteiger partial charge in [-0.2, -0.15) is 0 Å². The van der Waals surface area contributed by atoms with Crippen molar-refractivity contribution in [3.05, 3.63) is 71.3 Å². The molecule has 2 aliphatic heterocycles. The van der Waals surface area contributed by atoms with E-state index in [2.05, 4.69) is 0 Å². The van der Waals surface area contributed by atoms with Crippen molar-refractivity contribution in [2.45, 2.75) is 64.8 Å². The lowest BCUT2D eigenvalue weighted by Gasteiger charge is -2.21. The number of fused-ring (bicyclic) bond motifs is 2. The molecule has 0 aromatic heterocycles. The van der Waals surface area contributed by atoms with Crippen molar-refractivity contribution in [3.8, 4) is 17.2 Å². The summed E-state index contributed by atoms with van der Waals surface area (Å²) in [6.07, 6.45) is 5.44. The molecule has 0 spiro atoms. The van der Waals surface area contributed by atoms with Crippen molar-refractivity contribution in [3.63, 3.8) is 0 Å². The van der Waals surface area contributed by atoms with E-state index in [0.29, 0.717) is 17.7 Å². The summed E-state index contributed by atoms with van der Waals surface area (Å²) in [5.74, 6) is -0.394. The standard InChI is InChI=1S/C32H38O9/c1-20-10-15-26(33)30-27(40-32(3,4)41-30)9-7-8-23-16-25(37-18-22-11-13-24(36-6)14-12-22)17-28(38-19-35-5)29(23)31(34)39-21(20)2/h7-8,10-17,20-21,27,30H,9,18-19H2,1-6H3/b8-7?,15-10-/t20-,21+,27+,30-/m1/s1. The van der Waals surface area contributed by atoms with E-state index in [1.54, 1.807) is 52.2 Å². The number of esters is 1. The Morgan fingerprint density at radius 3 is 2.41 bits per heavy atom. The zero-order valence-corrected chi connectivity index (χ0v) is 24.4. The van der Waals surface area contributed by atoms with Gasteiger partial charge < -0.3 is 33.2 Å². The summed E-state index contributed by atoms with van der Waals surface area (Å²) in [7, 11) is 3.11. The molecule has 2 aromatic rings. The fourth-order valence-corrected chi connectivity index (χ4v) is 4.58. The Balaban J connectivity index is 1.71. The van der Waals surface area contributed by atoms with Gasteiger partial charge in [-0.25, -0.2) is 4.79 Å². The average molecular weight is 567 g/mol. The van der Waals surface area contributed by atoms with Gasteiger partial charge in [0.05, 0.1) is 13.2 Å². The molecular formula is C32H38O9. The normalized spacial score (nSPS) is 24.9. The Kier molecular flexibility index (Phi) is 9.86. The molecule has 4 rings (SSSR count). The van der Waals surface area contributed by atoms with Gasteiger partial charge in [-0.15, -0.1) is 0 Å². The third-order valence-corrected chi connectivity index (χ3v) is 6.93. The number of benzene rings is 2. The molecule has 1 saturated heterocycles. The summed E-state index contributed by atoms with van der Waals surface area (Å²) in [6, 6.07) is 11.0. The molecule has 0 N–H and O–H groups in total. The number of cyclic esters (lactones) is 1. The van der Waals surface area contributed by atoms with E-state index in [0.717, 1.165) is 11.3 Å². The first kappa shape index (κ1) is 30.3. The smallest absolute Gasteiger partial charge is 0.342 e. The maximum atomic E-state index is 13.5. The number of carbonyl (C=O) groups is 2. The van der Waals surface area contributed by atoms with Crippen molar-refractivity contribution in [1.29, 1.82) is 0 Å². The molecule has 0 radical (unpaired) electrons. The summed E-state index contributed by atoms with van der Waals surface area (Å²) < 4.78 is 40.1. The summed E-state index contributed by atoms with van der Waals surface area (Å²) in [5.41, 5.74) is 1.71. The summed E-state index contributed by atoms with van der Waals surface area (Å²) in [4.78, 5) is 26.5. The largest absolute Gasteiger partial charge is 0.497 e. The Bertz CT molecular complexity index is 1280. The van der Waals surface area contributed by atoms with Gasteiger partial charge in [0.1, 0.15) is 41.6 Å². The van der Waals surface area contributed by atoms with E-state index in [4.69, 9.17) is 33.2 Å². The van der Waals surface area contributed by atoms with Crippen LogP contribution in [0.15, 0.2) is 54.6 Å². The van der Waals surface area contributed by atoms with Crippen LogP contribution in [-0.2, 0) is 30.3 Å². The van der Waals surface area contributed by atoms with Crippen molar-refractivity contribution >= 4 is 17.8 Å². The second kappa shape index (κ2) is 13.3. The fourth-order valence-electron chi connectivity index (χ4n) is 4.58. The van der Waals surface area contributed by atoms with Gasteiger partial charge in [0, 0.05) is 19.1 Å². The highest BCUT2D eigenvalue weighted by Gasteiger charge is 2.43. The zero-order chi connectivity index (χ0) is 29.6. The van der Waals surface area contributed by atoms with Crippen LogP contribution in [0.1, 0.15) is 55.6 Å². The number of ether oxygens (including phenoxy) is 7. The number of methoxy groups -OCH3 is 2. The van der Waals surface area contributed by atoms with Crippen molar-refractivity contribution in [2.24, 2.45) is 5.92 Å². The fraction of sp³-hybridized carbons (Fsp3) is 0.438. The number of hydrogen-bond acceptors (Lipinski definition) is 9. The highest BCUT2D eigenvalue weighted by molar-refractivity contribution is 5.97. The Labute approximate surface area is 241 Å². The molecule has 9 nitrogen and oxygen atoms in total. The van der Waals surface area contributed by atoms with Crippen LogP contribution in [0.5, 0.6) is 17.2 Å². The third kappa shape index (κ3) is 7.75. The van der Waals surface area contributed by atoms with Gasteiger partial charge in [-0.3, -0.25) is 4.79 Å². The van der Waals surface area contributed by atoms with Crippen LogP contribution in [0.2, 0.25) is 0 Å². The molecule has 0 unspecified atom stereocenters. The molecule has 0 aliphatic carbocycles. The second-order valence-corrected chi connectivity index (χ2v) is 10.5. The summed E-state index contributed by atoms with van der Waals surface area (Å²) in [5, 5.41) is 0. The van der Waals surface area contributed by atoms with Crippen molar-refractivity contribution in [2.75, 3.05) is 21.0 Å². The minimum atomic E-state index is -0.903. The molecule has 0 bridgehead atoms. The Morgan fingerprint density at radius 2 is 1.71 bits per heavy atom. The van der Waals surface area contributed by atoms with Gasteiger partial charge in [0.25, 0.3) is 0 Å². The lowest BCUT2D eigenvalue weighted by atomic mass is 9.99. The average Bonchev–Trinajstić information content (AvgIpc) is 3.27. The van der Waals surface area contributed by atoms with Crippen LogP contribution in [0.4, 0.5) is 0 Å². The van der Waals surface area contributed by atoms with Gasteiger partial charge >= 0.3 is 5.97 Å². The van der Waals surface area contributed by atoms with Crippen LogP contribution >= 0.6 is 0 Å². The van der Waals surface area contributed by atoms with Gasteiger partial charge in [-0.05, 0) is 62.6 Å². The number of hydrogen-bond donors (Lipinski definition) is 0. The van der Waals surface area contributed by atoms with E-state index >= 15 is 0 Å². The molecule has 1 fully saturated rings. The maximum Gasteiger partial charge on any atom is 0.342 e. The lowest BCUT2D eigenvalue weighted by Crippen LogP contribution is -2.30. The maximum absolute atomic E-state index is 13.5. The monoisotopic (exact) mass is 566 g/mol. The molecule has 2 aromatic carbocycles. The first-order valence-electron chi connectivity index (χ1n) is 13.6. The Morgan fingerprint density at radius 1 is 0.951 bits per heavy atom. The molecule has 41 heavy (non-hydrogen) atoms. The third-order valence-electron chi connectivity index (χ3n) is 6.93. The molecule has 2 aliphatic rings. The highest BCUT2D eigenvalue weighted by Crippen LogP contribution is 2.34. The van der Waals surface area contributed by atoms with E-state index in [1.165, 1.54) is 13.2 Å². The van der Waals surface area contributed by atoms with Crippen LogP contribution in [0.25, 0.3) is 6.08 Å². The van der Waals surface area contributed by atoms with E-state index in [1.807, 2.05) is 37.3 Å². The second-order valence-electron chi connectivity index (χ2n) is 10.5. The number of ketones is 1. The highest BCUT2D eigenvalue weighted by atomic mass is 16.8. The summed E-state index contributed by atoms with van der Waals surface area (Å²) >= 11 is 0. The van der Waals surface area contributed by atoms with Gasteiger partial charge in [-0.1, -0.05) is 37.3 Å². The minimum absolute atomic E-state index is 0.0772. The van der Waals surface area contributed by atoms with Crippen LogP contribution < -0.4 is 14.2 Å². The van der Waals surface area contributed by atoms with Crippen molar-refractivity contribution < 1.29 is 42.7 Å². The van der Waals surface area contributed by atoms with E-state index in [-0.39, 0.29) is 36.4 Å². The van der Waals surface area contributed by atoms with Gasteiger partial charge in [0.2, 0.25) is 0 Å². The van der Waals surface area contributed by atoms with Crippen LogP contribution in [-0.4, -0.2) is 56.9 Å². The predicted octanol–water partition coefficient (Wildman–Crippen LogP) is 5.50. The molecule has 220 valence electrons.